The smallest absolute Gasteiger partial charge is 0.387 e. The number of benzene rings is 1. The number of fused-ring (bicyclic) bond motifs is 1. The van der Waals surface area contributed by atoms with Gasteiger partial charge in [-0.2, -0.15) is 8.78 Å². The Labute approximate surface area is 113 Å². The van der Waals surface area contributed by atoms with E-state index in [1.54, 1.807) is 12.1 Å². The molecule has 106 valence electrons. The van der Waals surface area contributed by atoms with Crippen molar-refractivity contribution in [3.05, 3.63) is 29.3 Å². The number of hydrogen-bond acceptors (Lipinski definition) is 2. The summed E-state index contributed by atoms with van der Waals surface area (Å²) in [5, 5.41) is 3.49. The first-order valence-electron chi connectivity index (χ1n) is 6.78. The Balaban J connectivity index is 2.16. The van der Waals surface area contributed by atoms with E-state index in [1.807, 2.05) is 6.07 Å². The zero-order chi connectivity index (χ0) is 14.0. The summed E-state index contributed by atoms with van der Waals surface area (Å²) in [6.07, 6.45) is 1.12. The summed E-state index contributed by atoms with van der Waals surface area (Å²) in [5.74, 6) is 1.28. The lowest BCUT2D eigenvalue weighted by molar-refractivity contribution is -0.0499. The van der Waals surface area contributed by atoms with Crippen molar-refractivity contribution in [3.8, 4) is 5.75 Å². The van der Waals surface area contributed by atoms with Gasteiger partial charge in [0.15, 0.2) is 0 Å². The Bertz CT molecular complexity index is 434. The fourth-order valence-corrected chi connectivity index (χ4v) is 2.79. The molecule has 19 heavy (non-hydrogen) atoms. The van der Waals surface area contributed by atoms with E-state index < -0.39 is 6.61 Å². The number of alkyl halides is 2. The van der Waals surface area contributed by atoms with Gasteiger partial charge in [-0.05, 0) is 41.5 Å². The quantitative estimate of drug-likeness (QED) is 0.894. The maximum Gasteiger partial charge on any atom is 0.387 e. The van der Waals surface area contributed by atoms with Gasteiger partial charge in [0.2, 0.25) is 0 Å². The molecule has 0 saturated carbocycles. The molecule has 1 aliphatic rings. The standard InChI is InChI=1S/C15H21F2NO/c1-9(2)6-14-10(3)13-5-4-12(19-15(16)17)7-11(13)8-18-14/h4-5,7,9-10,14-15,18H,6,8H2,1-3H3. The van der Waals surface area contributed by atoms with Crippen LogP contribution in [0.25, 0.3) is 0 Å². The molecule has 0 radical (unpaired) electrons. The molecule has 0 amide bonds. The first kappa shape index (κ1) is 14.3. The second-order valence-corrected chi connectivity index (χ2v) is 5.64. The first-order valence-corrected chi connectivity index (χ1v) is 6.78. The third-order valence-electron chi connectivity index (χ3n) is 3.71. The van der Waals surface area contributed by atoms with E-state index in [0.717, 1.165) is 18.5 Å². The minimum atomic E-state index is -2.76. The van der Waals surface area contributed by atoms with Crippen LogP contribution < -0.4 is 10.1 Å². The molecule has 1 heterocycles. The van der Waals surface area contributed by atoms with Crippen molar-refractivity contribution in [1.82, 2.24) is 5.32 Å². The molecule has 0 bridgehead atoms. The van der Waals surface area contributed by atoms with Crippen LogP contribution in [0.5, 0.6) is 5.75 Å². The number of rotatable bonds is 4. The summed E-state index contributed by atoms with van der Waals surface area (Å²) < 4.78 is 28.8. The van der Waals surface area contributed by atoms with E-state index in [9.17, 15) is 8.78 Å². The highest BCUT2D eigenvalue weighted by Crippen LogP contribution is 2.33. The minimum absolute atomic E-state index is 0.241. The third-order valence-corrected chi connectivity index (χ3v) is 3.71. The van der Waals surface area contributed by atoms with Crippen LogP contribution >= 0.6 is 0 Å². The molecular formula is C15H21F2NO. The van der Waals surface area contributed by atoms with Crippen molar-refractivity contribution in [2.24, 2.45) is 5.92 Å². The lowest BCUT2D eigenvalue weighted by Crippen LogP contribution is -2.39. The van der Waals surface area contributed by atoms with E-state index in [0.29, 0.717) is 17.9 Å². The normalized spacial score (nSPS) is 22.7. The molecule has 1 aliphatic heterocycles. The molecule has 0 fully saturated rings. The third kappa shape index (κ3) is 3.44. The van der Waals surface area contributed by atoms with Gasteiger partial charge in [0.1, 0.15) is 5.75 Å². The average Bonchev–Trinajstić information content (AvgIpc) is 2.31. The molecule has 0 aliphatic carbocycles. The van der Waals surface area contributed by atoms with Crippen LogP contribution in [0.2, 0.25) is 0 Å². The molecule has 1 N–H and O–H groups in total. The summed E-state index contributed by atoms with van der Waals surface area (Å²) in [7, 11) is 0. The van der Waals surface area contributed by atoms with Crippen molar-refractivity contribution in [1.29, 1.82) is 0 Å². The molecule has 2 atom stereocenters. The average molecular weight is 269 g/mol. The number of nitrogens with one attached hydrogen (secondary N) is 1. The van der Waals surface area contributed by atoms with Crippen molar-refractivity contribution >= 4 is 0 Å². The molecular weight excluding hydrogens is 248 g/mol. The predicted molar refractivity (Wildman–Crippen MR) is 71.6 cm³/mol. The maximum absolute atomic E-state index is 12.2. The van der Waals surface area contributed by atoms with Gasteiger partial charge in [-0.25, -0.2) is 0 Å². The Morgan fingerprint density at radius 1 is 1.37 bits per heavy atom. The van der Waals surface area contributed by atoms with Crippen molar-refractivity contribution < 1.29 is 13.5 Å². The second kappa shape index (κ2) is 5.87. The van der Waals surface area contributed by atoms with E-state index in [-0.39, 0.29) is 5.75 Å². The zero-order valence-corrected chi connectivity index (χ0v) is 11.6. The molecule has 2 nitrogen and oxygen atoms in total. The first-order chi connectivity index (χ1) is 8.97. The van der Waals surface area contributed by atoms with Gasteiger partial charge in [-0.15, -0.1) is 0 Å². The predicted octanol–water partition coefficient (Wildman–Crippen LogP) is 3.91. The lowest BCUT2D eigenvalue weighted by Gasteiger charge is -2.33. The number of ether oxygens (including phenoxy) is 1. The molecule has 1 aromatic rings. The van der Waals surface area contributed by atoms with Gasteiger partial charge in [-0.3, -0.25) is 0 Å². The Morgan fingerprint density at radius 2 is 2.11 bits per heavy atom. The van der Waals surface area contributed by atoms with Gasteiger partial charge in [0, 0.05) is 12.6 Å². The van der Waals surface area contributed by atoms with Crippen LogP contribution in [0, 0.1) is 5.92 Å². The lowest BCUT2D eigenvalue weighted by atomic mass is 9.82. The van der Waals surface area contributed by atoms with Crippen LogP contribution in [0.15, 0.2) is 18.2 Å². The van der Waals surface area contributed by atoms with Crippen LogP contribution in [-0.2, 0) is 6.54 Å². The largest absolute Gasteiger partial charge is 0.435 e. The molecule has 2 unspecified atom stereocenters. The topological polar surface area (TPSA) is 21.3 Å². The van der Waals surface area contributed by atoms with Gasteiger partial charge < -0.3 is 10.1 Å². The molecule has 4 heteroatoms. The molecule has 0 aromatic heterocycles. The van der Waals surface area contributed by atoms with Crippen molar-refractivity contribution in [3.63, 3.8) is 0 Å². The molecule has 0 saturated heterocycles. The molecule has 2 rings (SSSR count). The monoisotopic (exact) mass is 269 g/mol. The SMILES string of the molecule is CC(C)CC1NCc2cc(OC(F)F)ccc2C1C. The van der Waals surface area contributed by atoms with E-state index in [1.165, 1.54) is 5.56 Å². The Hall–Kier alpha value is -1.16. The summed E-state index contributed by atoms with van der Waals surface area (Å²) in [5.41, 5.74) is 2.30. The highest BCUT2D eigenvalue weighted by atomic mass is 19.3. The van der Waals surface area contributed by atoms with Gasteiger partial charge in [0.25, 0.3) is 0 Å². The number of hydrogen-bond donors (Lipinski definition) is 1. The van der Waals surface area contributed by atoms with Crippen LogP contribution in [0.4, 0.5) is 8.78 Å². The fourth-order valence-electron chi connectivity index (χ4n) is 2.79. The summed E-state index contributed by atoms with van der Waals surface area (Å²) in [6.45, 7) is 4.57. The van der Waals surface area contributed by atoms with Gasteiger partial charge >= 0.3 is 6.61 Å². The maximum atomic E-state index is 12.2. The highest BCUT2D eigenvalue weighted by Gasteiger charge is 2.26. The van der Waals surface area contributed by atoms with Crippen LogP contribution in [0.3, 0.4) is 0 Å². The van der Waals surface area contributed by atoms with Gasteiger partial charge in [0.05, 0.1) is 0 Å². The highest BCUT2D eigenvalue weighted by molar-refractivity contribution is 5.39. The minimum Gasteiger partial charge on any atom is -0.435 e. The van der Waals surface area contributed by atoms with Crippen LogP contribution in [0.1, 0.15) is 44.2 Å². The number of halogens is 2. The van der Waals surface area contributed by atoms with E-state index >= 15 is 0 Å². The second-order valence-electron chi connectivity index (χ2n) is 5.64. The zero-order valence-electron chi connectivity index (χ0n) is 11.6. The van der Waals surface area contributed by atoms with Crippen molar-refractivity contribution in [2.75, 3.05) is 0 Å². The Kier molecular flexibility index (Phi) is 4.40. The van der Waals surface area contributed by atoms with E-state index in [2.05, 4.69) is 30.8 Å². The summed E-state index contributed by atoms with van der Waals surface area (Å²) in [4.78, 5) is 0. The van der Waals surface area contributed by atoms with Gasteiger partial charge in [-0.1, -0.05) is 26.8 Å². The molecule has 1 aromatic carbocycles. The Morgan fingerprint density at radius 3 is 2.74 bits per heavy atom. The fraction of sp³-hybridized carbons (Fsp3) is 0.600. The van der Waals surface area contributed by atoms with Crippen molar-refractivity contribution in [2.45, 2.75) is 52.3 Å². The molecule has 0 spiro atoms. The van der Waals surface area contributed by atoms with E-state index in [4.69, 9.17) is 0 Å². The van der Waals surface area contributed by atoms with Crippen LogP contribution in [-0.4, -0.2) is 12.7 Å². The summed E-state index contributed by atoms with van der Waals surface area (Å²) >= 11 is 0. The summed E-state index contributed by atoms with van der Waals surface area (Å²) in [6, 6.07) is 5.73.